The molecule has 0 aliphatic heterocycles. The average Bonchev–Trinajstić information content (AvgIpc) is 2.41. The Labute approximate surface area is 80.7 Å². The predicted molar refractivity (Wildman–Crippen MR) is 48.4 cm³/mol. The van der Waals surface area contributed by atoms with E-state index in [1.54, 1.807) is 23.9 Å². The van der Waals surface area contributed by atoms with E-state index in [9.17, 15) is 4.79 Å². The molecule has 0 bridgehead atoms. The van der Waals surface area contributed by atoms with Crippen LogP contribution in [0.1, 0.15) is 10.5 Å². The van der Waals surface area contributed by atoms with Crippen molar-refractivity contribution >= 4 is 17.5 Å². The number of nitrogens with zero attached hydrogens (tertiary/aromatic N) is 2. The first-order chi connectivity index (χ1) is 6.15. The smallest absolute Gasteiger partial charge is 0.268 e. The van der Waals surface area contributed by atoms with E-state index < -0.39 is 0 Å². The van der Waals surface area contributed by atoms with Crippen LogP contribution in [0.2, 0.25) is 5.02 Å². The number of aryl methyl sites for hydroxylation is 1. The summed E-state index contributed by atoms with van der Waals surface area (Å²) in [6, 6.07) is 3.37. The molecule has 68 valence electrons. The van der Waals surface area contributed by atoms with Gasteiger partial charge in [-0.25, -0.2) is 0 Å². The average molecular weight is 198 g/mol. The maximum absolute atomic E-state index is 11.3. The fraction of sp³-hybridized carbons (Fsp3) is 0.250. The van der Waals surface area contributed by atoms with Crippen LogP contribution in [0.4, 0.5) is 0 Å². The molecule has 1 aromatic heterocycles. The van der Waals surface area contributed by atoms with Crippen LogP contribution in [0, 0.1) is 11.3 Å². The van der Waals surface area contributed by atoms with Gasteiger partial charge in [-0.15, -0.1) is 0 Å². The lowest BCUT2D eigenvalue weighted by molar-refractivity contribution is 0.0950. The van der Waals surface area contributed by atoms with Gasteiger partial charge in [0.25, 0.3) is 5.91 Å². The maximum atomic E-state index is 11.3. The van der Waals surface area contributed by atoms with E-state index in [2.05, 4.69) is 5.32 Å². The van der Waals surface area contributed by atoms with Gasteiger partial charge in [0.15, 0.2) is 0 Å². The minimum atomic E-state index is -0.295. The zero-order chi connectivity index (χ0) is 9.84. The van der Waals surface area contributed by atoms with Gasteiger partial charge in [0.05, 0.1) is 11.1 Å². The molecule has 0 radical (unpaired) electrons. The number of halogens is 1. The minimum Gasteiger partial charge on any atom is -0.345 e. The van der Waals surface area contributed by atoms with Crippen molar-refractivity contribution in [1.82, 2.24) is 9.88 Å². The highest BCUT2D eigenvalue weighted by Gasteiger charge is 2.09. The summed E-state index contributed by atoms with van der Waals surface area (Å²) >= 11 is 5.68. The lowest BCUT2D eigenvalue weighted by atomic mass is 10.4. The van der Waals surface area contributed by atoms with Crippen molar-refractivity contribution in [3.63, 3.8) is 0 Å². The molecule has 5 heteroatoms. The summed E-state index contributed by atoms with van der Waals surface area (Å²) in [7, 11) is 1.72. The van der Waals surface area contributed by atoms with Crippen molar-refractivity contribution in [3.05, 3.63) is 23.0 Å². The van der Waals surface area contributed by atoms with Crippen LogP contribution >= 0.6 is 11.6 Å². The summed E-state index contributed by atoms with van der Waals surface area (Å²) in [6.07, 6.45) is 1.63. The molecule has 0 spiro atoms. The molecule has 13 heavy (non-hydrogen) atoms. The van der Waals surface area contributed by atoms with Gasteiger partial charge in [-0.2, -0.15) is 5.26 Å². The second kappa shape index (κ2) is 3.97. The van der Waals surface area contributed by atoms with Crippen LogP contribution in [0.3, 0.4) is 0 Å². The summed E-state index contributed by atoms with van der Waals surface area (Å²) in [5.74, 6) is -0.295. The van der Waals surface area contributed by atoms with Crippen LogP contribution in [-0.2, 0) is 7.05 Å². The molecule has 0 aliphatic rings. The van der Waals surface area contributed by atoms with Crippen molar-refractivity contribution in [1.29, 1.82) is 5.26 Å². The van der Waals surface area contributed by atoms with E-state index in [4.69, 9.17) is 16.9 Å². The van der Waals surface area contributed by atoms with E-state index in [-0.39, 0.29) is 12.5 Å². The number of hydrogen-bond donors (Lipinski definition) is 1. The zero-order valence-corrected chi connectivity index (χ0v) is 7.80. The third-order valence-corrected chi connectivity index (χ3v) is 1.74. The van der Waals surface area contributed by atoms with Gasteiger partial charge < -0.3 is 9.88 Å². The number of nitrogens with one attached hydrogen (secondary N) is 1. The Morgan fingerprint density at radius 2 is 2.54 bits per heavy atom. The first-order valence-corrected chi connectivity index (χ1v) is 4.00. The molecule has 0 saturated carbocycles. The Kier molecular flexibility index (Phi) is 2.93. The van der Waals surface area contributed by atoms with Crippen LogP contribution in [0.15, 0.2) is 12.3 Å². The number of carbonyl (C=O) groups is 1. The van der Waals surface area contributed by atoms with Crippen molar-refractivity contribution in [2.45, 2.75) is 0 Å². The number of hydrogen-bond acceptors (Lipinski definition) is 2. The first kappa shape index (κ1) is 9.62. The summed E-state index contributed by atoms with van der Waals surface area (Å²) in [4.78, 5) is 11.3. The first-order valence-electron chi connectivity index (χ1n) is 3.62. The second-order valence-corrected chi connectivity index (χ2v) is 2.93. The Balaban J connectivity index is 2.78. The standard InChI is InChI=1S/C8H8ClN3O/c1-12-5-6(9)4-7(12)8(13)11-3-2-10/h4-5H,3H2,1H3,(H,11,13). The lowest BCUT2D eigenvalue weighted by Gasteiger charge is -2.00. The molecule has 4 nitrogen and oxygen atoms in total. The summed E-state index contributed by atoms with van der Waals surface area (Å²) in [6.45, 7) is 0.00162. The Morgan fingerprint density at radius 3 is 3.00 bits per heavy atom. The van der Waals surface area contributed by atoms with Gasteiger partial charge in [0.1, 0.15) is 12.2 Å². The van der Waals surface area contributed by atoms with Crippen LogP contribution in [0.25, 0.3) is 0 Å². The largest absolute Gasteiger partial charge is 0.345 e. The van der Waals surface area contributed by atoms with Crippen molar-refractivity contribution < 1.29 is 4.79 Å². The second-order valence-electron chi connectivity index (χ2n) is 2.50. The SMILES string of the molecule is Cn1cc(Cl)cc1C(=O)NCC#N. The third-order valence-electron chi connectivity index (χ3n) is 1.53. The topological polar surface area (TPSA) is 57.8 Å². The molecule has 0 aliphatic carbocycles. The molecule has 0 aromatic carbocycles. The van der Waals surface area contributed by atoms with Gasteiger partial charge in [0, 0.05) is 13.2 Å². The molecule has 1 rings (SSSR count). The quantitative estimate of drug-likeness (QED) is 0.718. The molecular formula is C8H8ClN3O. The summed E-state index contributed by atoms with van der Waals surface area (Å²) < 4.78 is 1.61. The molecule has 0 unspecified atom stereocenters. The Hall–Kier alpha value is -1.47. The summed E-state index contributed by atoms with van der Waals surface area (Å²) in [5.41, 5.74) is 0.445. The van der Waals surface area contributed by atoms with Gasteiger partial charge in [-0.3, -0.25) is 4.79 Å². The third kappa shape index (κ3) is 2.23. The van der Waals surface area contributed by atoms with Gasteiger partial charge in [0.2, 0.25) is 0 Å². The fourth-order valence-electron chi connectivity index (χ4n) is 0.960. The number of rotatable bonds is 2. The normalized spacial score (nSPS) is 9.31. The molecule has 0 atom stereocenters. The predicted octanol–water partition coefficient (Wildman–Crippen LogP) is 0.932. The molecule has 1 N–H and O–H groups in total. The Morgan fingerprint density at radius 1 is 1.85 bits per heavy atom. The van der Waals surface area contributed by atoms with Crippen LogP contribution in [-0.4, -0.2) is 17.0 Å². The molecule has 0 saturated heterocycles. The molecule has 1 amide bonds. The van der Waals surface area contributed by atoms with Gasteiger partial charge in [-0.1, -0.05) is 11.6 Å². The van der Waals surface area contributed by atoms with Crippen LogP contribution in [0.5, 0.6) is 0 Å². The zero-order valence-electron chi connectivity index (χ0n) is 7.04. The monoisotopic (exact) mass is 197 g/mol. The van der Waals surface area contributed by atoms with Gasteiger partial charge >= 0.3 is 0 Å². The maximum Gasteiger partial charge on any atom is 0.268 e. The number of aromatic nitrogens is 1. The fourth-order valence-corrected chi connectivity index (χ4v) is 1.21. The highest BCUT2D eigenvalue weighted by atomic mass is 35.5. The molecule has 1 heterocycles. The molecule has 1 aromatic rings. The highest BCUT2D eigenvalue weighted by molar-refractivity contribution is 6.31. The van der Waals surface area contributed by atoms with E-state index >= 15 is 0 Å². The van der Waals surface area contributed by atoms with Crippen molar-refractivity contribution in [3.8, 4) is 6.07 Å². The Bertz CT molecular complexity index is 364. The highest BCUT2D eigenvalue weighted by Crippen LogP contribution is 2.12. The van der Waals surface area contributed by atoms with E-state index in [1.165, 1.54) is 0 Å². The number of nitriles is 1. The summed E-state index contributed by atoms with van der Waals surface area (Å²) in [5, 5.41) is 11.2. The van der Waals surface area contributed by atoms with Crippen LogP contribution < -0.4 is 5.32 Å². The molecule has 0 fully saturated rings. The van der Waals surface area contributed by atoms with E-state index in [0.29, 0.717) is 10.7 Å². The van der Waals surface area contributed by atoms with Crippen molar-refractivity contribution in [2.75, 3.05) is 6.54 Å². The van der Waals surface area contributed by atoms with E-state index in [1.807, 2.05) is 6.07 Å². The number of carbonyl (C=O) groups excluding carboxylic acids is 1. The van der Waals surface area contributed by atoms with Crippen molar-refractivity contribution in [2.24, 2.45) is 7.05 Å². The minimum absolute atomic E-state index is 0.00162. The van der Waals surface area contributed by atoms with E-state index in [0.717, 1.165) is 0 Å². The lowest BCUT2D eigenvalue weighted by Crippen LogP contribution is -2.25. The van der Waals surface area contributed by atoms with Gasteiger partial charge in [-0.05, 0) is 6.07 Å². The molecular weight excluding hydrogens is 190 g/mol. The number of amides is 1.